The van der Waals surface area contributed by atoms with Gasteiger partial charge in [-0.15, -0.1) is 11.8 Å². The van der Waals surface area contributed by atoms with Crippen LogP contribution in [0.3, 0.4) is 0 Å². The summed E-state index contributed by atoms with van der Waals surface area (Å²) in [6.45, 7) is 5.29. The number of carboxylic acid groups (broad SMARTS) is 1. The lowest BCUT2D eigenvalue weighted by atomic mass is 10.2. The molecule has 1 aromatic carbocycles. The fraction of sp³-hybridized carbons (Fsp3) is 0.467. The monoisotopic (exact) mass is 387 g/mol. The van der Waals surface area contributed by atoms with E-state index < -0.39 is 23.7 Å². The smallest absolute Gasteiger partial charge is 0.412 e. The molecule has 1 aliphatic heterocycles. The minimum atomic E-state index is -1.02. The Balaban J connectivity index is 2.30. The van der Waals surface area contributed by atoms with Gasteiger partial charge >= 0.3 is 12.1 Å². The fourth-order valence-corrected chi connectivity index (χ4v) is 3.79. The Labute approximate surface area is 142 Å². The molecule has 1 aromatic rings. The SMILES string of the molecule is CC(C)(C)OC(=O)N1C(c2ccc(Br)cc2)SC[C@H]1C(=O)O. The van der Waals surface area contributed by atoms with Crippen LogP contribution in [0.1, 0.15) is 31.7 Å². The Morgan fingerprint density at radius 1 is 1.32 bits per heavy atom. The molecule has 0 radical (unpaired) electrons. The van der Waals surface area contributed by atoms with Gasteiger partial charge in [-0.2, -0.15) is 0 Å². The molecule has 1 aliphatic rings. The van der Waals surface area contributed by atoms with Crippen LogP contribution in [-0.4, -0.2) is 39.5 Å². The number of hydrogen-bond donors (Lipinski definition) is 1. The quantitative estimate of drug-likeness (QED) is 0.833. The van der Waals surface area contributed by atoms with Gasteiger partial charge in [-0.1, -0.05) is 28.1 Å². The topological polar surface area (TPSA) is 66.8 Å². The second-order valence-electron chi connectivity index (χ2n) is 5.98. The molecule has 1 fully saturated rings. The highest BCUT2D eigenvalue weighted by molar-refractivity contribution is 9.10. The third-order valence-corrected chi connectivity index (χ3v) is 4.90. The minimum Gasteiger partial charge on any atom is -0.480 e. The normalized spacial score (nSPS) is 21.7. The van der Waals surface area contributed by atoms with Gasteiger partial charge in [-0.05, 0) is 38.5 Å². The standard InChI is InChI=1S/C15H18BrNO4S/c1-15(2,3)21-14(20)17-11(13(18)19)8-22-12(17)9-4-6-10(16)7-5-9/h4-7,11-12H,8H2,1-3H3,(H,18,19)/t11-,12?/m0/s1. The molecule has 7 heteroatoms. The van der Waals surface area contributed by atoms with Gasteiger partial charge in [0.1, 0.15) is 17.0 Å². The molecule has 1 N–H and O–H groups in total. The van der Waals surface area contributed by atoms with Crippen molar-refractivity contribution in [2.24, 2.45) is 0 Å². The highest BCUT2D eigenvalue weighted by Gasteiger charge is 2.44. The number of thioether (sulfide) groups is 1. The molecule has 0 aliphatic carbocycles. The zero-order valence-electron chi connectivity index (χ0n) is 12.6. The molecule has 5 nitrogen and oxygen atoms in total. The molecule has 1 saturated heterocycles. The van der Waals surface area contributed by atoms with Crippen LogP contribution < -0.4 is 0 Å². The summed E-state index contributed by atoms with van der Waals surface area (Å²) < 4.78 is 6.31. The molecule has 2 rings (SSSR count). The number of carbonyl (C=O) groups is 2. The molecule has 1 unspecified atom stereocenters. The van der Waals surface area contributed by atoms with Crippen molar-refractivity contribution >= 4 is 39.8 Å². The van der Waals surface area contributed by atoms with Gasteiger partial charge in [-0.25, -0.2) is 9.59 Å². The first-order chi connectivity index (χ1) is 10.2. The second-order valence-corrected chi connectivity index (χ2v) is 8.01. The van der Waals surface area contributed by atoms with Crippen molar-refractivity contribution in [2.75, 3.05) is 5.75 Å². The Bertz CT molecular complexity index is 570. The highest BCUT2D eigenvalue weighted by atomic mass is 79.9. The van der Waals surface area contributed by atoms with E-state index in [4.69, 9.17) is 4.74 Å². The first-order valence-electron chi connectivity index (χ1n) is 6.80. The number of benzene rings is 1. The number of nitrogens with zero attached hydrogens (tertiary/aromatic N) is 1. The van der Waals surface area contributed by atoms with Gasteiger partial charge in [0.05, 0.1) is 0 Å². The Kier molecular flexibility index (Phi) is 5.07. The van der Waals surface area contributed by atoms with Crippen molar-refractivity contribution in [1.29, 1.82) is 0 Å². The predicted molar refractivity (Wildman–Crippen MR) is 88.8 cm³/mol. The molecule has 2 atom stereocenters. The van der Waals surface area contributed by atoms with E-state index in [1.807, 2.05) is 24.3 Å². The van der Waals surface area contributed by atoms with E-state index in [2.05, 4.69) is 15.9 Å². The van der Waals surface area contributed by atoms with Crippen molar-refractivity contribution < 1.29 is 19.4 Å². The van der Waals surface area contributed by atoms with Crippen LogP contribution in [0.4, 0.5) is 4.79 Å². The predicted octanol–water partition coefficient (Wildman–Crippen LogP) is 3.88. The number of aliphatic carboxylic acids is 1. The summed E-state index contributed by atoms with van der Waals surface area (Å²) in [6.07, 6.45) is -0.599. The number of carboxylic acids is 1. The van der Waals surface area contributed by atoms with Crippen molar-refractivity contribution in [1.82, 2.24) is 4.90 Å². The average molecular weight is 388 g/mol. The zero-order valence-corrected chi connectivity index (χ0v) is 15.0. The molecular weight excluding hydrogens is 370 g/mol. The Morgan fingerprint density at radius 2 is 1.91 bits per heavy atom. The maximum Gasteiger partial charge on any atom is 0.412 e. The third kappa shape index (κ3) is 3.95. The molecule has 1 heterocycles. The average Bonchev–Trinajstić information content (AvgIpc) is 2.82. The third-order valence-electron chi connectivity index (χ3n) is 3.04. The number of hydrogen-bond acceptors (Lipinski definition) is 4. The van der Waals surface area contributed by atoms with E-state index in [0.29, 0.717) is 5.75 Å². The summed E-state index contributed by atoms with van der Waals surface area (Å²) in [5.74, 6) is -0.673. The molecular formula is C15H18BrNO4S. The lowest BCUT2D eigenvalue weighted by Crippen LogP contribution is -2.45. The maximum atomic E-state index is 12.4. The van der Waals surface area contributed by atoms with Gasteiger partial charge in [0.2, 0.25) is 0 Å². The number of carbonyl (C=O) groups excluding carboxylic acids is 1. The number of halogens is 1. The highest BCUT2D eigenvalue weighted by Crippen LogP contribution is 2.42. The van der Waals surface area contributed by atoms with E-state index in [0.717, 1.165) is 10.0 Å². The van der Waals surface area contributed by atoms with Crippen LogP contribution in [0.25, 0.3) is 0 Å². The molecule has 0 bridgehead atoms. The summed E-state index contributed by atoms with van der Waals surface area (Å²) in [5, 5.41) is 9.01. The van der Waals surface area contributed by atoms with Crippen LogP contribution >= 0.6 is 27.7 Å². The van der Waals surface area contributed by atoms with Crippen molar-refractivity contribution in [2.45, 2.75) is 37.8 Å². The van der Waals surface area contributed by atoms with Gasteiger partial charge < -0.3 is 9.84 Å². The van der Waals surface area contributed by atoms with E-state index in [-0.39, 0.29) is 5.37 Å². The summed E-state index contributed by atoms with van der Waals surface area (Å²) in [7, 11) is 0. The van der Waals surface area contributed by atoms with Crippen molar-refractivity contribution in [3.63, 3.8) is 0 Å². The summed E-state index contributed by atoms with van der Waals surface area (Å²) in [6, 6.07) is 6.62. The van der Waals surface area contributed by atoms with E-state index in [1.165, 1.54) is 16.7 Å². The lowest BCUT2D eigenvalue weighted by Gasteiger charge is -2.30. The van der Waals surface area contributed by atoms with Gasteiger partial charge in [0.15, 0.2) is 0 Å². The Hall–Kier alpha value is -1.21. The molecule has 1 amide bonds. The second kappa shape index (κ2) is 6.50. The van der Waals surface area contributed by atoms with E-state index in [1.54, 1.807) is 20.8 Å². The fourth-order valence-electron chi connectivity index (χ4n) is 2.12. The van der Waals surface area contributed by atoms with Gasteiger partial charge in [0.25, 0.3) is 0 Å². The van der Waals surface area contributed by atoms with Gasteiger partial charge in [0, 0.05) is 10.2 Å². The molecule has 120 valence electrons. The number of ether oxygens (including phenoxy) is 1. The summed E-state index contributed by atoms with van der Waals surface area (Å²) >= 11 is 4.80. The van der Waals surface area contributed by atoms with Crippen LogP contribution in [0.15, 0.2) is 28.7 Å². The zero-order chi connectivity index (χ0) is 16.5. The van der Waals surface area contributed by atoms with E-state index >= 15 is 0 Å². The van der Waals surface area contributed by atoms with Crippen LogP contribution in [-0.2, 0) is 9.53 Å². The maximum absolute atomic E-state index is 12.4. The largest absolute Gasteiger partial charge is 0.480 e. The van der Waals surface area contributed by atoms with Crippen molar-refractivity contribution in [3.8, 4) is 0 Å². The number of rotatable bonds is 2. The van der Waals surface area contributed by atoms with Crippen LogP contribution in [0, 0.1) is 0 Å². The van der Waals surface area contributed by atoms with Crippen LogP contribution in [0.2, 0.25) is 0 Å². The molecule has 0 saturated carbocycles. The first-order valence-corrected chi connectivity index (χ1v) is 8.64. The Morgan fingerprint density at radius 3 is 2.41 bits per heavy atom. The van der Waals surface area contributed by atoms with Crippen LogP contribution in [0.5, 0.6) is 0 Å². The first kappa shape index (κ1) is 17.1. The minimum absolute atomic E-state index is 0.343. The van der Waals surface area contributed by atoms with E-state index in [9.17, 15) is 14.7 Å². The number of amides is 1. The van der Waals surface area contributed by atoms with Crippen molar-refractivity contribution in [3.05, 3.63) is 34.3 Å². The lowest BCUT2D eigenvalue weighted by molar-refractivity contribution is -0.142. The summed E-state index contributed by atoms with van der Waals surface area (Å²) in [5.41, 5.74) is 0.209. The summed E-state index contributed by atoms with van der Waals surface area (Å²) in [4.78, 5) is 25.2. The molecule has 0 aromatic heterocycles. The van der Waals surface area contributed by atoms with Gasteiger partial charge in [-0.3, -0.25) is 4.90 Å². The molecule has 22 heavy (non-hydrogen) atoms. The molecule has 0 spiro atoms.